The third kappa shape index (κ3) is 9.89. The molecular weight excluding hydrogens is 579 g/mol. The predicted octanol–water partition coefficient (Wildman–Crippen LogP) is 6.76. The summed E-state index contributed by atoms with van der Waals surface area (Å²) in [6, 6.07) is 19.6. The Morgan fingerprint density at radius 1 is 0.833 bits per heavy atom. The van der Waals surface area contributed by atoms with Crippen LogP contribution in [0.5, 0.6) is 0 Å². The molecule has 3 aromatic rings. The van der Waals surface area contributed by atoms with Crippen molar-refractivity contribution in [3.63, 3.8) is 0 Å². The summed E-state index contributed by atoms with van der Waals surface area (Å²) in [5.74, 6) is -1.79. The van der Waals surface area contributed by atoms with Crippen molar-refractivity contribution in [2.24, 2.45) is 0 Å². The number of carbonyl (C=O) groups is 4. The van der Waals surface area contributed by atoms with Crippen molar-refractivity contribution in [1.82, 2.24) is 10.6 Å². The van der Waals surface area contributed by atoms with Crippen LogP contribution in [-0.4, -0.2) is 41.4 Å². The molecule has 0 bridgehead atoms. The van der Waals surface area contributed by atoms with Gasteiger partial charge < -0.3 is 20.1 Å². The number of amides is 2. The van der Waals surface area contributed by atoms with Crippen LogP contribution in [0.3, 0.4) is 0 Å². The molecule has 42 heavy (non-hydrogen) atoms. The Bertz CT molecular complexity index is 1380. The van der Waals surface area contributed by atoms with Crippen LogP contribution < -0.4 is 10.6 Å². The van der Waals surface area contributed by atoms with Crippen molar-refractivity contribution in [3.8, 4) is 11.1 Å². The van der Waals surface area contributed by atoms with Crippen molar-refractivity contribution in [2.75, 3.05) is 0 Å². The number of halogens is 2. The van der Waals surface area contributed by atoms with Gasteiger partial charge in [-0.05, 0) is 62.9 Å². The van der Waals surface area contributed by atoms with Gasteiger partial charge in [0.05, 0.1) is 21.7 Å². The van der Waals surface area contributed by atoms with Gasteiger partial charge in [-0.2, -0.15) is 0 Å². The number of rotatable bonds is 11. The normalized spacial score (nSPS) is 12.5. The molecule has 222 valence electrons. The second-order valence-corrected chi connectivity index (χ2v) is 11.5. The van der Waals surface area contributed by atoms with Gasteiger partial charge in [-0.1, -0.05) is 83.9 Å². The summed E-state index contributed by atoms with van der Waals surface area (Å²) in [5.41, 5.74) is 1.60. The maximum Gasteiger partial charge on any atom is 0.408 e. The Morgan fingerprint density at radius 3 is 1.98 bits per heavy atom. The minimum atomic E-state index is -1.19. The standard InChI is InChI=1S/C32H34Cl2N2O6/c1-20(35-31(40)42-32(2,3)4)27(37)16-15-26(30(39)41-19-21-11-7-5-8-12-21)36-29(38)28-24(33)17-23(18-25(28)34)22-13-9-6-10-14-22/h5-14,17-18,20,26H,15-16,19H2,1-4H3,(H,35,40)(H,36,38)/t20-,26-/m0/s1. The van der Waals surface area contributed by atoms with Gasteiger partial charge in [0.25, 0.3) is 5.91 Å². The molecule has 0 radical (unpaired) electrons. The number of hydrogen-bond acceptors (Lipinski definition) is 6. The fourth-order valence-corrected chi connectivity index (χ4v) is 4.62. The maximum absolute atomic E-state index is 13.3. The lowest BCUT2D eigenvalue weighted by Gasteiger charge is -2.22. The van der Waals surface area contributed by atoms with Crippen LogP contribution in [0.15, 0.2) is 72.8 Å². The van der Waals surface area contributed by atoms with Crippen molar-refractivity contribution < 1.29 is 28.7 Å². The number of benzene rings is 3. The molecule has 0 fully saturated rings. The second-order valence-electron chi connectivity index (χ2n) is 10.7. The monoisotopic (exact) mass is 612 g/mol. The molecule has 0 aliphatic carbocycles. The highest BCUT2D eigenvalue weighted by Crippen LogP contribution is 2.32. The average Bonchev–Trinajstić information content (AvgIpc) is 2.93. The fourth-order valence-electron chi connectivity index (χ4n) is 3.96. The van der Waals surface area contributed by atoms with Crippen LogP contribution in [-0.2, 0) is 25.7 Å². The van der Waals surface area contributed by atoms with E-state index in [1.807, 2.05) is 48.5 Å². The van der Waals surface area contributed by atoms with Gasteiger partial charge in [0.2, 0.25) is 0 Å². The van der Waals surface area contributed by atoms with Crippen LogP contribution in [0.1, 0.15) is 56.5 Å². The molecule has 0 saturated heterocycles. The molecule has 0 aliphatic rings. The first-order valence-corrected chi connectivity index (χ1v) is 14.2. The lowest BCUT2D eigenvalue weighted by Crippen LogP contribution is -2.44. The number of ketones is 1. The van der Waals surface area contributed by atoms with Gasteiger partial charge in [-0.25, -0.2) is 9.59 Å². The van der Waals surface area contributed by atoms with Gasteiger partial charge in [-0.3, -0.25) is 9.59 Å². The zero-order valence-electron chi connectivity index (χ0n) is 23.9. The average molecular weight is 614 g/mol. The SMILES string of the molecule is C[C@H](NC(=O)OC(C)(C)C)C(=O)CC[C@H](NC(=O)c1c(Cl)cc(-c2ccccc2)cc1Cl)C(=O)OCc1ccccc1. The van der Waals surface area contributed by atoms with Crippen molar-refractivity contribution in [2.45, 2.75) is 64.8 Å². The molecule has 10 heteroatoms. The zero-order valence-corrected chi connectivity index (χ0v) is 25.4. The molecule has 3 aromatic carbocycles. The highest BCUT2D eigenvalue weighted by atomic mass is 35.5. The molecule has 0 spiro atoms. The van der Waals surface area contributed by atoms with Gasteiger partial charge in [-0.15, -0.1) is 0 Å². The lowest BCUT2D eigenvalue weighted by atomic mass is 10.0. The van der Waals surface area contributed by atoms with Crippen LogP contribution in [0.2, 0.25) is 10.0 Å². The van der Waals surface area contributed by atoms with Gasteiger partial charge in [0, 0.05) is 6.42 Å². The minimum Gasteiger partial charge on any atom is -0.459 e. The number of nitrogens with one attached hydrogen (secondary N) is 2. The van der Waals surface area contributed by atoms with E-state index >= 15 is 0 Å². The lowest BCUT2D eigenvalue weighted by molar-refractivity contribution is -0.147. The molecule has 0 unspecified atom stereocenters. The third-order valence-electron chi connectivity index (χ3n) is 6.09. The van der Waals surface area contributed by atoms with E-state index in [9.17, 15) is 19.2 Å². The van der Waals surface area contributed by atoms with E-state index in [1.54, 1.807) is 45.0 Å². The summed E-state index contributed by atoms with van der Waals surface area (Å²) in [5, 5.41) is 5.31. The molecule has 3 rings (SSSR count). The number of ether oxygens (including phenoxy) is 2. The molecule has 2 amide bonds. The number of alkyl carbamates (subject to hydrolysis) is 1. The van der Waals surface area contributed by atoms with E-state index in [0.29, 0.717) is 0 Å². The molecule has 2 N–H and O–H groups in total. The number of hydrogen-bond donors (Lipinski definition) is 2. The first-order valence-electron chi connectivity index (χ1n) is 13.4. The molecule has 8 nitrogen and oxygen atoms in total. The highest BCUT2D eigenvalue weighted by molar-refractivity contribution is 6.40. The van der Waals surface area contributed by atoms with Crippen molar-refractivity contribution in [1.29, 1.82) is 0 Å². The Morgan fingerprint density at radius 2 is 1.40 bits per heavy atom. The van der Waals surface area contributed by atoms with Gasteiger partial charge in [0.15, 0.2) is 5.78 Å². The third-order valence-corrected chi connectivity index (χ3v) is 6.68. The first kappa shape index (κ1) is 32.6. The summed E-state index contributed by atoms with van der Waals surface area (Å²) < 4.78 is 10.7. The maximum atomic E-state index is 13.3. The summed E-state index contributed by atoms with van der Waals surface area (Å²) >= 11 is 13.0. The quantitative estimate of drug-likeness (QED) is 0.231. The van der Waals surface area contributed by atoms with E-state index in [0.717, 1.165) is 16.7 Å². The molecule has 0 aromatic heterocycles. The van der Waals surface area contributed by atoms with Gasteiger partial charge in [0.1, 0.15) is 18.2 Å². The van der Waals surface area contributed by atoms with Crippen molar-refractivity contribution in [3.05, 3.63) is 94.0 Å². The summed E-state index contributed by atoms with van der Waals surface area (Å²) in [6.45, 7) is 6.62. The smallest absolute Gasteiger partial charge is 0.408 e. The van der Waals surface area contributed by atoms with Crippen LogP contribution >= 0.6 is 23.2 Å². The molecule has 0 saturated carbocycles. The topological polar surface area (TPSA) is 111 Å². The van der Waals surface area contributed by atoms with Crippen LogP contribution in [0, 0.1) is 0 Å². The Labute approximate surface area is 255 Å². The molecule has 0 aliphatic heterocycles. The molecular formula is C32H34Cl2N2O6. The highest BCUT2D eigenvalue weighted by Gasteiger charge is 2.28. The van der Waals surface area contributed by atoms with E-state index < -0.39 is 35.7 Å². The molecule has 0 heterocycles. The summed E-state index contributed by atoms with van der Waals surface area (Å²) in [7, 11) is 0. The second kappa shape index (κ2) is 14.8. The largest absolute Gasteiger partial charge is 0.459 e. The minimum absolute atomic E-state index is 0.00911. The number of esters is 1. The number of carbonyl (C=O) groups excluding carboxylic acids is 4. The van der Waals surface area contributed by atoms with E-state index in [4.69, 9.17) is 32.7 Å². The van der Waals surface area contributed by atoms with E-state index in [-0.39, 0.29) is 40.8 Å². The first-order chi connectivity index (χ1) is 19.8. The molecule has 2 atom stereocenters. The van der Waals surface area contributed by atoms with Crippen molar-refractivity contribution >= 4 is 47.0 Å². The zero-order chi connectivity index (χ0) is 30.9. The Hall–Kier alpha value is -3.88. The fraction of sp³-hybridized carbons (Fsp3) is 0.312. The van der Waals surface area contributed by atoms with E-state index in [1.165, 1.54) is 6.92 Å². The summed E-state index contributed by atoms with van der Waals surface area (Å²) in [4.78, 5) is 51.3. The van der Waals surface area contributed by atoms with Gasteiger partial charge >= 0.3 is 12.1 Å². The Kier molecular flexibility index (Phi) is 11.5. The predicted molar refractivity (Wildman–Crippen MR) is 162 cm³/mol. The van der Waals surface area contributed by atoms with Crippen LogP contribution in [0.25, 0.3) is 11.1 Å². The van der Waals surface area contributed by atoms with Crippen LogP contribution in [0.4, 0.5) is 4.79 Å². The van der Waals surface area contributed by atoms with E-state index in [2.05, 4.69) is 10.6 Å². The summed E-state index contributed by atoms with van der Waals surface area (Å²) in [6.07, 6.45) is -0.967. The number of Topliss-reactive ketones (excluding diaryl/α,β-unsaturated/α-hetero) is 1. The Balaban J connectivity index is 1.74.